The maximum absolute atomic E-state index is 13.0. The number of carbonyl (C=O) groups excluding carboxylic acids is 1. The van der Waals surface area contributed by atoms with Crippen LogP contribution in [0.4, 0.5) is 0 Å². The van der Waals surface area contributed by atoms with Crippen molar-refractivity contribution in [3.05, 3.63) is 42.2 Å². The predicted octanol–water partition coefficient (Wildman–Crippen LogP) is 2.19. The largest absolute Gasteiger partial charge is 0.494 e. The van der Waals surface area contributed by atoms with Gasteiger partial charge >= 0.3 is 0 Å². The summed E-state index contributed by atoms with van der Waals surface area (Å²) in [6.07, 6.45) is 6.95. The fourth-order valence-electron chi connectivity index (χ4n) is 3.96. The van der Waals surface area contributed by atoms with Crippen molar-refractivity contribution >= 4 is 5.91 Å². The maximum atomic E-state index is 13.0. The van der Waals surface area contributed by atoms with Crippen LogP contribution in [0.25, 0.3) is 5.69 Å². The first kappa shape index (κ1) is 16.1. The molecule has 4 rings (SSSR count). The molecule has 3 heterocycles. The smallest absolute Gasteiger partial charge is 0.257 e. The van der Waals surface area contributed by atoms with E-state index >= 15 is 0 Å². The van der Waals surface area contributed by atoms with E-state index in [0.717, 1.165) is 37.5 Å². The van der Waals surface area contributed by atoms with Crippen LogP contribution in [-0.4, -0.2) is 64.8 Å². The van der Waals surface area contributed by atoms with Gasteiger partial charge in [0.05, 0.1) is 18.9 Å². The van der Waals surface area contributed by atoms with E-state index in [1.807, 2.05) is 29.2 Å². The van der Waals surface area contributed by atoms with E-state index in [1.54, 1.807) is 24.2 Å². The summed E-state index contributed by atoms with van der Waals surface area (Å²) in [7, 11) is 1.64. The molecule has 6 heteroatoms. The lowest BCUT2D eigenvalue weighted by molar-refractivity contribution is 0.0743. The molecule has 0 radical (unpaired) electrons. The maximum Gasteiger partial charge on any atom is 0.257 e. The highest BCUT2D eigenvalue weighted by Gasteiger charge is 2.31. The van der Waals surface area contributed by atoms with Crippen LogP contribution in [0.2, 0.25) is 0 Å². The van der Waals surface area contributed by atoms with Gasteiger partial charge in [0.25, 0.3) is 5.91 Å². The number of benzene rings is 1. The Morgan fingerprint density at radius 3 is 2.92 bits per heavy atom. The summed E-state index contributed by atoms with van der Waals surface area (Å²) < 4.78 is 7.10. The van der Waals surface area contributed by atoms with Gasteiger partial charge in [-0.05, 0) is 37.9 Å². The SMILES string of the molecule is COc1ccccc1-n1cc(C(=O)N2CCCN3CCC[C@H]3C2)cn1. The minimum atomic E-state index is 0.0786. The van der Waals surface area contributed by atoms with Gasteiger partial charge in [0.15, 0.2) is 0 Å². The van der Waals surface area contributed by atoms with Crippen LogP contribution < -0.4 is 4.74 Å². The monoisotopic (exact) mass is 340 g/mol. The van der Waals surface area contributed by atoms with Gasteiger partial charge in [-0.2, -0.15) is 5.10 Å². The molecule has 132 valence electrons. The van der Waals surface area contributed by atoms with E-state index in [2.05, 4.69) is 10.00 Å². The zero-order valence-electron chi connectivity index (χ0n) is 14.6. The van der Waals surface area contributed by atoms with Crippen molar-refractivity contribution in [2.45, 2.75) is 25.3 Å². The lowest BCUT2D eigenvalue weighted by Crippen LogP contribution is -2.39. The summed E-state index contributed by atoms with van der Waals surface area (Å²) in [6, 6.07) is 8.20. The van der Waals surface area contributed by atoms with Crippen LogP contribution in [-0.2, 0) is 0 Å². The fourth-order valence-corrected chi connectivity index (χ4v) is 3.96. The Morgan fingerprint density at radius 2 is 2.04 bits per heavy atom. The van der Waals surface area contributed by atoms with Gasteiger partial charge in [-0.25, -0.2) is 4.68 Å². The molecular weight excluding hydrogens is 316 g/mol. The standard InChI is InChI=1S/C19H24N4O2/c1-25-18-8-3-2-7-17(18)23-13-15(12-20-23)19(24)22-11-5-10-21-9-4-6-16(21)14-22/h2-3,7-8,12-13,16H,4-6,9-11,14H2,1H3/t16-/m0/s1. The molecule has 2 aromatic rings. The molecule has 25 heavy (non-hydrogen) atoms. The van der Waals surface area contributed by atoms with E-state index in [0.29, 0.717) is 11.6 Å². The molecule has 2 saturated heterocycles. The minimum Gasteiger partial charge on any atom is -0.494 e. The van der Waals surface area contributed by atoms with Crippen molar-refractivity contribution in [2.24, 2.45) is 0 Å². The van der Waals surface area contributed by atoms with Crippen molar-refractivity contribution in [3.63, 3.8) is 0 Å². The molecule has 2 aliphatic heterocycles. The molecule has 0 bridgehead atoms. The highest BCUT2D eigenvalue weighted by Crippen LogP contribution is 2.24. The Balaban J connectivity index is 1.54. The highest BCUT2D eigenvalue weighted by atomic mass is 16.5. The first-order valence-corrected chi connectivity index (χ1v) is 8.97. The number of para-hydroxylation sites is 2. The second-order valence-electron chi connectivity index (χ2n) is 6.78. The Kier molecular flexibility index (Phi) is 4.44. The Hall–Kier alpha value is -2.34. The topological polar surface area (TPSA) is 50.6 Å². The van der Waals surface area contributed by atoms with Gasteiger partial charge in [-0.3, -0.25) is 9.69 Å². The van der Waals surface area contributed by atoms with Crippen molar-refractivity contribution in [2.75, 3.05) is 33.3 Å². The minimum absolute atomic E-state index is 0.0786. The van der Waals surface area contributed by atoms with Crippen molar-refractivity contribution < 1.29 is 9.53 Å². The number of amides is 1. The van der Waals surface area contributed by atoms with Crippen molar-refractivity contribution in [1.82, 2.24) is 19.6 Å². The highest BCUT2D eigenvalue weighted by molar-refractivity contribution is 5.94. The number of carbonyl (C=O) groups is 1. The number of hydrogen-bond donors (Lipinski definition) is 0. The lowest BCUT2D eigenvalue weighted by atomic mass is 10.2. The fraction of sp³-hybridized carbons (Fsp3) is 0.474. The summed E-state index contributed by atoms with van der Waals surface area (Å²) in [6.45, 7) is 3.94. The van der Waals surface area contributed by atoms with E-state index in [9.17, 15) is 4.79 Å². The average Bonchev–Trinajstić information content (AvgIpc) is 3.26. The molecule has 1 aromatic carbocycles. The molecule has 2 fully saturated rings. The average molecular weight is 340 g/mol. The Bertz CT molecular complexity index is 757. The number of rotatable bonds is 3. The molecule has 0 spiro atoms. The second kappa shape index (κ2) is 6.88. The van der Waals surface area contributed by atoms with Crippen LogP contribution in [0.3, 0.4) is 0 Å². The molecule has 1 atom stereocenters. The first-order valence-electron chi connectivity index (χ1n) is 8.97. The van der Waals surface area contributed by atoms with E-state index < -0.39 is 0 Å². The summed E-state index contributed by atoms with van der Waals surface area (Å²) in [5.41, 5.74) is 1.47. The van der Waals surface area contributed by atoms with Gasteiger partial charge in [-0.1, -0.05) is 12.1 Å². The number of methoxy groups -OCH3 is 1. The molecule has 1 aromatic heterocycles. The van der Waals surface area contributed by atoms with E-state index in [1.165, 1.54) is 19.4 Å². The molecule has 0 saturated carbocycles. The summed E-state index contributed by atoms with van der Waals surface area (Å²) in [5.74, 6) is 0.816. The normalized spacial score (nSPS) is 21.0. The van der Waals surface area contributed by atoms with Crippen LogP contribution in [0.5, 0.6) is 5.75 Å². The molecule has 1 amide bonds. The third kappa shape index (κ3) is 3.14. The molecule has 0 N–H and O–H groups in total. The summed E-state index contributed by atoms with van der Waals surface area (Å²) >= 11 is 0. The summed E-state index contributed by atoms with van der Waals surface area (Å²) in [5, 5.41) is 4.38. The van der Waals surface area contributed by atoms with Crippen molar-refractivity contribution in [3.8, 4) is 11.4 Å². The predicted molar refractivity (Wildman–Crippen MR) is 95.2 cm³/mol. The van der Waals surface area contributed by atoms with Gasteiger partial charge < -0.3 is 9.64 Å². The third-order valence-electron chi connectivity index (χ3n) is 5.25. The number of fused-ring (bicyclic) bond motifs is 1. The number of aromatic nitrogens is 2. The van der Waals surface area contributed by atoms with Gasteiger partial charge in [0.2, 0.25) is 0 Å². The van der Waals surface area contributed by atoms with Crippen molar-refractivity contribution in [1.29, 1.82) is 0 Å². The zero-order valence-corrected chi connectivity index (χ0v) is 14.6. The number of nitrogens with zero attached hydrogens (tertiary/aromatic N) is 4. The lowest BCUT2D eigenvalue weighted by Gasteiger charge is -2.25. The van der Waals surface area contributed by atoms with Crippen LogP contribution in [0.1, 0.15) is 29.6 Å². The van der Waals surface area contributed by atoms with Gasteiger partial charge in [0, 0.05) is 31.9 Å². The first-order chi connectivity index (χ1) is 12.3. The van der Waals surface area contributed by atoms with E-state index in [4.69, 9.17) is 4.74 Å². The third-order valence-corrected chi connectivity index (χ3v) is 5.25. The Labute approximate surface area is 148 Å². The second-order valence-corrected chi connectivity index (χ2v) is 6.78. The summed E-state index contributed by atoms with van der Waals surface area (Å²) in [4.78, 5) is 17.5. The van der Waals surface area contributed by atoms with Gasteiger partial charge in [0.1, 0.15) is 11.4 Å². The molecule has 0 aliphatic carbocycles. The van der Waals surface area contributed by atoms with E-state index in [-0.39, 0.29) is 5.91 Å². The van der Waals surface area contributed by atoms with Crippen LogP contribution >= 0.6 is 0 Å². The molecule has 6 nitrogen and oxygen atoms in total. The molecule has 2 aliphatic rings. The molecular formula is C19H24N4O2. The number of ether oxygens (including phenoxy) is 1. The Morgan fingerprint density at radius 1 is 1.20 bits per heavy atom. The quantitative estimate of drug-likeness (QED) is 0.859. The molecule has 0 unspecified atom stereocenters. The van der Waals surface area contributed by atoms with Crippen LogP contribution in [0.15, 0.2) is 36.7 Å². The zero-order chi connectivity index (χ0) is 17.2. The van der Waals surface area contributed by atoms with Crippen LogP contribution in [0, 0.1) is 0 Å². The number of hydrogen-bond acceptors (Lipinski definition) is 4. The van der Waals surface area contributed by atoms with Gasteiger partial charge in [-0.15, -0.1) is 0 Å².